The molecule has 6 amide bonds. The summed E-state index contributed by atoms with van der Waals surface area (Å²) in [5, 5.41) is 31.7. The predicted octanol–water partition coefficient (Wildman–Crippen LogP) is 2.64. The highest BCUT2D eigenvalue weighted by Crippen LogP contribution is 2.23. The monoisotopic (exact) mass is 831 g/mol. The molecule has 0 aliphatic heterocycles. The number of nitrogens with zero attached hydrogens (tertiary/aromatic N) is 4. The molecule has 0 radical (unpaired) electrons. The summed E-state index contributed by atoms with van der Waals surface area (Å²) in [6.07, 6.45) is 6.76. The Balaban J connectivity index is 1.05. The van der Waals surface area contributed by atoms with Gasteiger partial charge in [-0.05, 0) is 42.5 Å². The van der Waals surface area contributed by atoms with E-state index in [0.717, 1.165) is 0 Å². The van der Waals surface area contributed by atoms with Gasteiger partial charge in [0.05, 0.1) is 34.4 Å². The van der Waals surface area contributed by atoms with E-state index < -0.39 is 23.6 Å². The van der Waals surface area contributed by atoms with Crippen LogP contribution in [0, 0.1) is 10.8 Å². The average molecular weight is 832 g/mol. The molecule has 21 nitrogen and oxygen atoms in total. The highest BCUT2D eigenvalue weighted by atomic mass is 16.2. The number of nitrogens with two attached hydrogens (primary N) is 2. The molecule has 1 aromatic carbocycles. The summed E-state index contributed by atoms with van der Waals surface area (Å²) in [6, 6.07) is 12.6. The number of carbonyl (C=O) groups excluding carboxylic acids is 6. The average Bonchev–Trinajstić information content (AvgIpc) is 4.02. The number of amides is 6. The normalized spacial score (nSPS) is 10.9. The summed E-state index contributed by atoms with van der Waals surface area (Å²) in [4.78, 5) is 81.1. The number of hydrogen-bond acceptors (Lipinski definition) is 8. The lowest BCUT2D eigenvalue weighted by molar-refractivity contribution is 0.0938. The molecule has 0 spiro atoms. The van der Waals surface area contributed by atoms with E-state index in [2.05, 4.69) is 36.9 Å². The van der Waals surface area contributed by atoms with Gasteiger partial charge in [0.2, 0.25) is 0 Å². The molecule has 0 fully saturated rings. The number of aromatic nitrogens is 5. The first kappa shape index (κ1) is 42.3. The fourth-order valence-electron chi connectivity index (χ4n) is 6.42. The van der Waals surface area contributed by atoms with E-state index in [1.54, 1.807) is 95.5 Å². The summed E-state index contributed by atoms with van der Waals surface area (Å²) in [5.74, 6) is -2.76. The van der Waals surface area contributed by atoms with Crippen molar-refractivity contribution >= 4 is 80.8 Å². The molecule has 5 aromatic heterocycles. The van der Waals surface area contributed by atoms with Crippen LogP contribution >= 0.6 is 0 Å². The zero-order chi connectivity index (χ0) is 44.1. The van der Waals surface area contributed by atoms with E-state index in [1.165, 1.54) is 24.3 Å². The van der Waals surface area contributed by atoms with E-state index in [0.29, 0.717) is 45.0 Å². The summed E-state index contributed by atoms with van der Waals surface area (Å²) in [6.45, 7) is 0.402. The van der Waals surface area contributed by atoms with Gasteiger partial charge in [-0.25, -0.2) is 0 Å². The Labute approximate surface area is 347 Å². The second kappa shape index (κ2) is 17.6. The Morgan fingerprint density at radius 3 is 1.31 bits per heavy atom. The summed E-state index contributed by atoms with van der Waals surface area (Å²) < 4.78 is 6.21. The van der Waals surface area contributed by atoms with E-state index in [9.17, 15) is 28.8 Å². The highest BCUT2D eigenvalue weighted by molar-refractivity contribution is 6.11. The maximum atomic E-state index is 13.3. The number of benzene rings is 1. The zero-order valence-corrected chi connectivity index (χ0v) is 33.6. The van der Waals surface area contributed by atoms with E-state index in [-0.39, 0.29) is 72.1 Å². The topological polar surface area (TPSA) is 310 Å². The number of aryl methyl sites for hydroxylation is 4. The molecule has 316 valence electrons. The van der Waals surface area contributed by atoms with Gasteiger partial charge in [-0.15, -0.1) is 0 Å². The second-order valence-corrected chi connectivity index (χ2v) is 14.3. The fourth-order valence-corrected chi connectivity index (χ4v) is 6.42. The zero-order valence-electron chi connectivity index (χ0n) is 33.6. The van der Waals surface area contributed by atoms with Gasteiger partial charge in [-0.3, -0.25) is 39.6 Å². The Kier molecular flexibility index (Phi) is 12.2. The van der Waals surface area contributed by atoms with E-state index >= 15 is 0 Å². The van der Waals surface area contributed by atoms with Gasteiger partial charge in [-0.1, -0.05) is 6.07 Å². The Hall–Kier alpha value is -8.36. The molecule has 13 N–H and O–H groups in total. The predicted molar refractivity (Wildman–Crippen MR) is 229 cm³/mol. The number of rotatable bonds is 16. The molecular formula is C40H45N15O6. The molecule has 0 saturated heterocycles. The molecule has 0 saturated carbocycles. The first-order valence-electron chi connectivity index (χ1n) is 18.7. The molecule has 6 rings (SSSR count). The summed E-state index contributed by atoms with van der Waals surface area (Å²) >= 11 is 0. The number of anilines is 4. The smallest absolute Gasteiger partial charge is 0.272 e. The first-order chi connectivity index (χ1) is 28.9. The number of hydrogen-bond donors (Lipinski definition) is 11. The quantitative estimate of drug-likeness (QED) is 0.0508. The van der Waals surface area contributed by atoms with Crippen LogP contribution in [0.25, 0.3) is 10.9 Å². The van der Waals surface area contributed by atoms with Crippen molar-refractivity contribution in [1.82, 2.24) is 33.9 Å². The van der Waals surface area contributed by atoms with Crippen LogP contribution in [-0.4, -0.2) is 83.5 Å². The highest BCUT2D eigenvalue weighted by Gasteiger charge is 2.20. The third-order valence-electron chi connectivity index (χ3n) is 9.47. The minimum atomic E-state index is -0.488. The third-order valence-corrected chi connectivity index (χ3v) is 9.47. The first-order valence-corrected chi connectivity index (χ1v) is 18.7. The number of H-pyrrole nitrogens is 1. The maximum Gasteiger partial charge on any atom is 0.272 e. The van der Waals surface area contributed by atoms with Crippen LogP contribution in [0.2, 0.25) is 0 Å². The van der Waals surface area contributed by atoms with Crippen molar-refractivity contribution in [3.63, 3.8) is 0 Å². The van der Waals surface area contributed by atoms with Crippen molar-refractivity contribution in [1.29, 1.82) is 10.8 Å². The summed E-state index contributed by atoms with van der Waals surface area (Å²) in [7, 11) is 6.62. The van der Waals surface area contributed by atoms with Crippen molar-refractivity contribution < 1.29 is 28.8 Å². The van der Waals surface area contributed by atoms with Crippen LogP contribution < -0.4 is 43.4 Å². The van der Waals surface area contributed by atoms with Crippen LogP contribution in [0.1, 0.15) is 75.6 Å². The summed E-state index contributed by atoms with van der Waals surface area (Å²) in [5.41, 5.74) is 14.2. The van der Waals surface area contributed by atoms with Crippen molar-refractivity contribution in [2.24, 2.45) is 39.7 Å². The number of amidine groups is 2. The van der Waals surface area contributed by atoms with Crippen molar-refractivity contribution in [2.45, 2.75) is 12.8 Å². The van der Waals surface area contributed by atoms with Crippen molar-refractivity contribution in [2.75, 3.05) is 34.4 Å². The van der Waals surface area contributed by atoms with Crippen LogP contribution in [-0.2, 0) is 28.2 Å². The van der Waals surface area contributed by atoms with Crippen LogP contribution in [0.4, 0.5) is 22.7 Å². The van der Waals surface area contributed by atoms with Crippen molar-refractivity contribution in [3.8, 4) is 0 Å². The Morgan fingerprint density at radius 1 is 0.525 bits per heavy atom. The van der Waals surface area contributed by atoms with Gasteiger partial charge >= 0.3 is 0 Å². The van der Waals surface area contributed by atoms with Crippen molar-refractivity contribution in [3.05, 3.63) is 107 Å². The molecule has 5 heterocycles. The lowest BCUT2D eigenvalue weighted by atomic mass is 10.1. The van der Waals surface area contributed by atoms with Crippen LogP contribution in [0.5, 0.6) is 0 Å². The van der Waals surface area contributed by atoms with Crippen LogP contribution in [0.3, 0.4) is 0 Å². The van der Waals surface area contributed by atoms with Gasteiger partial charge < -0.3 is 66.6 Å². The lowest BCUT2D eigenvalue weighted by Gasteiger charge is -2.04. The largest absolute Gasteiger partial charge is 0.388 e. The van der Waals surface area contributed by atoms with Gasteiger partial charge in [0.15, 0.2) is 0 Å². The molecule has 21 heteroatoms. The molecular weight excluding hydrogens is 787 g/mol. The van der Waals surface area contributed by atoms with Crippen LogP contribution in [0.15, 0.2) is 73.3 Å². The number of nitrogens with one attached hydrogen (secondary N) is 9. The minimum Gasteiger partial charge on any atom is -0.388 e. The Morgan fingerprint density at radius 2 is 0.902 bits per heavy atom. The molecule has 61 heavy (non-hydrogen) atoms. The molecule has 0 atom stereocenters. The molecule has 0 aliphatic rings. The molecule has 0 bridgehead atoms. The maximum absolute atomic E-state index is 13.3. The Bertz CT molecular complexity index is 2600. The van der Waals surface area contributed by atoms with E-state index in [4.69, 9.17) is 22.3 Å². The number of carbonyl (C=O) groups is 6. The van der Waals surface area contributed by atoms with Gasteiger partial charge in [0.1, 0.15) is 28.5 Å². The standard InChI is InChI=1S/C40H45N15O6/c1-52-19-25(13-29(52)37(58)45-9-7-33(41)42)49-39(60)31-15-23(17-54(31)3)47-35(56)22-6-5-21-11-28(51-27(21)12-22)36(57)48-24-16-32(55(4)18-24)40(61)50-26-14-30(53(2)20-26)38(59)46-10-8-34(43)44/h5-6,11-20,51H,7-10H2,1-4H3,(H3,41,42)(H3,43,44)(H,45,58)(H,46,59)(H,47,56)(H,48,57)(H,49,60)(H,50,61). The van der Waals surface area contributed by atoms with Gasteiger partial charge in [0, 0.05) is 95.4 Å². The second-order valence-electron chi connectivity index (χ2n) is 14.3. The molecule has 0 unspecified atom stereocenters. The minimum absolute atomic E-state index is 0.0436. The lowest BCUT2D eigenvalue weighted by Crippen LogP contribution is -2.28. The number of aromatic amines is 1. The fraction of sp³-hybridized carbons (Fsp3) is 0.200. The SMILES string of the molecule is Cn1cc(NC(=O)c2cc(NC(=O)c3ccc4cc(C(=O)Nc5cc(C(=O)Nc6cc(C(=O)NCCC(=N)N)n(C)c6)n(C)c5)[nH]c4c3)cn2C)cc1C(=O)NCCC(=N)N. The third kappa shape index (κ3) is 10.0. The number of fused-ring (bicyclic) bond motifs is 1. The van der Waals surface area contributed by atoms with E-state index in [1.807, 2.05) is 0 Å². The van der Waals surface area contributed by atoms with Gasteiger partial charge in [-0.2, -0.15) is 0 Å². The molecule has 6 aromatic rings. The van der Waals surface area contributed by atoms with Gasteiger partial charge in [0.25, 0.3) is 35.4 Å². The molecule has 0 aliphatic carbocycles.